The van der Waals surface area contributed by atoms with Gasteiger partial charge >= 0.3 is 5.97 Å². The third kappa shape index (κ3) is 4.91. The molecule has 0 radical (unpaired) electrons. The smallest absolute Gasteiger partial charge is 0.305 e. The Bertz CT molecular complexity index is 431. The lowest BCUT2D eigenvalue weighted by Crippen LogP contribution is -2.29. The molecule has 1 rings (SSSR count). The lowest BCUT2D eigenvalue weighted by Gasteiger charge is -2.23. The highest BCUT2D eigenvalue weighted by Crippen LogP contribution is 2.18. The number of rotatable bonds is 6. The van der Waals surface area contributed by atoms with Gasteiger partial charge in [-0.05, 0) is 43.5 Å². The molecule has 0 fully saturated rings. The van der Waals surface area contributed by atoms with E-state index in [0.29, 0.717) is 13.0 Å². The molecule has 0 saturated heterocycles. The number of benzene rings is 1. The minimum absolute atomic E-state index is 0.248. The Morgan fingerprint density at radius 3 is 2.63 bits per heavy atom. The number of hydrogen-bond donors (Lipinski definition) is 1. The SMILES string of the molecule is COC(=O)CCC(O)CN(C)c1ccc(C)c(C)c1. The largest absolute Gasteiger partial charge is 0.469 e. The average Bonchev–Trinajstić information content (AvgIpc) is 2.38. The van der Waals surface area contributed by atoms with Gasteiger partial charge in [0, 0.05) is 25.7 Å². The fourth-order valence-electron chi connectivity index (χ4n) is 1.86. The fourth-order valence-corrected chi connectivity index (χ4v) is 1.86. The van der Waals surface area contributed by atoms with Crippen molar-refractivity contribution < 1.29 is 14.6 Å². The average molecular weight is 265 g/mol. The molecule has 1 N–H and O–H groups in total. The van der Waals surface area contributed by atoms with Crippen LogP contribution in [0.2, 0.25) is 0 Å². The van der Waals surface area contributed by atoms with Gasteiger partial charge in [0.15, 0.2) is 0 Å². The summed E-state index contributed by atoms with van der Waals surface area (Å²) in [5, 5.41) is 9.90. The molecule has 0 amide bonds. The summed E-state index contributed by atoms with van der Waals surface area (Å²) in [5.41, 5.74) is 3.55. The van der Waals surface area contributed by atoms with Crippen LogP contribution in [-0.2, 0) is 9.53 Å². The van der Waals surface area contributed by atoms with Gasteiger partial charge in [0.05, 0.1) is 13.2 Å². The van der Waals surface area contributed by atoms with Crippen molar-refractivity contribution in [2.24, 2.45) is 0 Å². The third-order valence-corrected chi connectivity index (χ3v) is 3.33. The summed E-state index contributed by atoms with van der Waals surface area (Å²) in [7, 11) is 3.29. The molecule has 106 valence electrons. The molecule has 0 spiro atoms. The van der Waals surface area contributed by atoms with Crippen molar-refractivity contribution in [2.75, 3.05) is 25.6 Å². The first kappa shape index (κ1) is 15.5. The van der Waals surface area contributed by atoms with Crippen LogP contribution in [0, 0.1) is 13.8 Å². The first-order valence-corrected chi connectivity index (χ1v) is 6.47. The van der Waals surface area contributed by atoms with Crippen molar-refractivity contribution in [2.45, 2.75) is 32.8 Å². The maximum Gasteiger partial charge on any atom is 0.305 e. The van der Waals surface area contributed by atoms with Gasteiger partial charge in [0.1, 0.15) is 0 Å². The molecule has 0 bridgehead atoms. The molecule has 0 heterocycles. The van der Waals surface area contributed by atoms with Crippen LogP contribution in [0.3, 0.4) is 0 Å². The molecule has 0 aliphatic rings. The Morgan fingerprint density at radius 1 is 1.37 bits per heavy atom. The number of aryl methyl sites for hydroxylation is 2. The van der Waals surface area contributed by atoms with Gasteiger partial charge in [-0.15, -0.1) is 0 Å². The lowest BCUT2D eigenvalue weighted by atomic mass is 10.1. The molecule has 1 aromatic carbocycles. The molecule has 4 heteroatoms. The van der Waals surface area contributed by atoms with E-state index in [1.165, 1.54) is 18.2 Å². The molecule has 19 heavy (non-hydrogen) atoms. The quantitative estimate of drug-likeness (QED) is 0.800. The molecule has 1 unspecified atom stereocenters. The number of aliphatic hydroxyl groups excluding tert-OH is 1. The highest BCUT2D eigenvalue weighted by atomic mass is 16.5. The number of ether oxygens (including phenoxy) is 1. The van der Waals surface area contributed by atoms with Crippen LogP contribution in [-0.4, -0.2) is 37.9 Å². The van der Waals surface area contributed by atoms with Crippen molar-refractivity contribution in [1.82, 2.24) is 0 Å². The molecule has 0 saturated carbocycles. The van der Waals surface area contributed by atoms with Gasteiger partial charge in [-0.3, -0.25) is 4.79 Å². The van der Waals surface area contributed by atoms with Crippen molar-refractivity contribution in [3.8, 4) is 0 Å². The second-order valence-corrected chi connectivity index (χ2v) is 4.92. The lowest BCUT2D eigenvalue weighted by molar-refractivity contribution is -0.141. The maximum absolute atomic E-state index is 11.0. The van der Waals surface area contributed by atoms with Crippen molar-refractivity contribution >= 4 is 11.7 Å². The molecule has 1 atom stereocenters. The Morgan fingerprint density at radius 2 is 2.05 bits per heavy atom. The van der Waals surface area contributed by atoms with Crippen LogP contribution in [0.15, 0.2) is 18.2 Å². The standard InChI is InChI=1S/C15H23NO3/c1-11-5-6-13(9-12(11)2)16(3)10-14(17)7-8-15(18)19-4/h5-6,9,14,17H,7-8,10H2,1-4H3. The van der Waals surface area contributed by atoms with E-state index in [4.69, 9.17) is 0 Å². The topological polar surface area (TPSA) is 49.8 Å². The second-order valence-electron chi connectivity index (χ2n) is 4.92. The molecule has 0 aliphatic carbocycles. The third-order valence-electron chi connectivity index (χ3n) is 3.33. The summed E-state index contributed by atoms with van der Waals surface area (Å²) >= 11 is 0. The zero-order chi connectivity index (χ0) is 14.4. The number of aliphatic hydroxyl groups is 1. The van der Waals surface area contributed by atoms with Crippen LogP contribution in [0.4, 0.5) is 5.69 Å². The van der Waals surface area contributed by atoms with Crippen LogP contribution < -0.4 is 4.90 Å². The maximum atomic E-state index is 11.0. The minimum atomic E-state index is -0.536. The summed E-state index contributed by atoms with van der Waals surface area (Å²) in [5.74, 6) is -0.284. The van der Waals surface area contributed by atoms with Gasteiger partial charge in [0.25, 0.3) is 0 Å². The zero-order valence-corrected chi connectivity index (χ0v) is 12.1. The normalized spacial score (nSPS) is 12.1. The van der Waals surface area contributed by atoms with E-state index in [-0.39, 0.29) is 12.4 Å². The van der Waals surface area contributed by atoms with Gasteiger partial charge in [-0.1, -0.05) is 6.07 Å². The van der Waals surface area contributed by atoms with E-state index in [1.807, 2.05) is 18.0 Å². The molecular formula is C15H23NO3. The molecule has 0 aromatic heterocycles. The predicted molar refractivity (Wildman–Crippen MR) is 76.4 cm³/mol. The fraction of sp³-hybridized carbons (Fsp3) is 0.533. The van der Waals surface area contributed by atoms with E-state index in [2.05, 4.69) is 30.7 Å². The van der Waals surface area contributed by atoms with Gasteiger partial charge in [0.2, 0.25) is 0 Å². The number of likely N-dealkylation sites (N-methyl/N-ethyl adjacent to an activating group) is 1. The Hall–Kier alpha value is -1.55. The Balaban J connectivity index is 2.51. The predicted octanol–water partition coefficient (Wildman–Crippen LogP) is 2.05. The highest BCUT2D eigenvalue weighted by molar-refractivity contribution is 5.69. The summed E-state index contributed by atoms with van der Waals surface area (Å²) in [4.78, 5) is 13.0. The van der Waals surface area contributed by atoms with E-state index in [1.54, 1.807) is 0 Å². The van der Waals surface area contributed by atoms with Crippen LogP contribution in [0.25, 0.3) is 0 Å². The number of anilines is 1. The number of esters is 1. The number of carbonyl (C=O) groups is 1. The van der Waals surface area contributed by atoms with Gasteiger partial charge in [-0.25, -0.2) is 0 Å². The first-order valence-electron chi connectivity index (χ1n) is 6.47. The second kappa shape index (κ2) is 7.14. The van der Waals surface area contributed by atoms with Crippen molar-refractivity contribution in [3.63, 3.8) is 0 Å². The van der Waals surface area contributed by atoms with Crippen LogP contribution in [0.5, 0.6) is 0 Å². The number of nitrogens with zero attached hydrogens (tertiary/aromatic N) is 1. The number of methoxy groups -OCH3 is 1. The number of carbonyl (C=O) groups excluding carboxylic acids is 1. The summed E-state index contributed by atoms with van der Waals surface area (Å²) in [6, 6.07) is 6.21. The first-order chi connectivity index (χ1) is 8.93. The number of hydrogen-bond acceptors (Lipinski definition) is 4. The Kier molecular flexibility index (Phi) is 5.83. The summed E-state index contributed by atoms with van der Waals surface area (Å²) < 4.78 is 4.56. The minimum Gasteiger partial charge on any atom is -0.469 e. The summed E-state index contributed by atoms with van der Waals surface area (Å²) in [6.07, 6.45) is 0.131. The highest BCUT2D eigenvalue weighted by Gasteiger charge is 2.11. The van der Waals surface area contributed by atoms with Crippen molar-refractivity contribution in [3.05, 3.63) is 29.3 Å². The Labute approximate surface area is 115 Å². The van der Waals surface area contributed by atoms with E-state index in [9.17, 15) is 9.90 Å². The van der Waals surface area contributed by atoms with Crippen LogP contribution >= 0.6 is 0 Å². The van der Waals surface area contributed by atoms with Crippen LogP contribution in [0.1, 0.15) is 24.0 Å². The molecular weight excluding hydrogens is 242 g/mol. The van der Waals surface area contributed by atoms with E-state index >= 15 is 0 Å². The summed E-state index contributed by atoms with van der Waals surface area (Å²) in [6.45, 7) is 4.64. The van der Waals surface area contributed by atoms with E-state index in [0.717, 1.165) is 5.69 Å². The van der Waals surface area contributed by atoms with E-state index < -0.39 is 6.10 Å². The van der Waals surface area contributed by atoms with Crippen molar-refractivity contribution in [1.29, 1.82) is 0 Å². The molecule has 1 aromatic rings. The monoisotopic (exact) mass is 265 g/mol. The zero-order valence-electron chi connectivity index (χ0n) is 12.1. The molecule has 4 nitrogen and oxygen atoms in total. The molecule has 0 aliphatic heterocycles. The van der Waals surface area contributed by atoms with Gasteiger partial charge < -0.3 is 14.7 Å². The van der Waals surface area contributed by atoms with Gasteiger partial charge in [-0.2, -0.15) is 0 Å².